The van der Waals surface area contributed by atoms with Gasteiger partial charge in [-0.1, -0.05) is 61.5 Å². The molecule has 0 amide bonds. The number of carbonyl (C=O) groups is 1. The number of aryl methyl sites for hydroxylation is 1. The fourth-order valence-corrected chi connectivity index (χ4v) is 3.58. The highest BCUT2D eigenvalue weighted by molar-refractivity contribution is 6.15. The number of hydrogen-bond acceptors (Lipinski definition) is 1. The largest absolute Gasteiger partial charge is 0.289 e. The van der Waals surface area contributed by atoms with Gasteiger partial charge in [0.15, 0.2) is 5.78 Å². The SMILES string of the molecule is Cc1cccc2c3c(ccc12)C(=O)c1ccccc1[C@@H]3C. The Balaban J connectivity index is 2.11. The number of hydrogen-bond donors (Lipinski definition) is 0. The zero-order chi connectivity index (χ0) is 14.6. The lowest BCUT2D eigenvalue weighted by molar-refractivity contribution is 0.103. The van der Waals surface area contributed by atoms with E-state index < -0.39 is 0 Å². The topological polar surface area (TPSA) is 17.1 Å². The highest BCUT2D eigenvalue weighted by Crippen LogP contribution is 2.40. The van der Waals surface area contributed by atoms with Crippen molar-refractivity contribution in [2.45, 2.75) is 19.8 Å². The average molecular weight is 272 g/mol. The number of fused-ring (bicyclic) bond motifs is 4. The second kappa shape index (κ2) is 4.29. The van der Waals surface area contributed by atoms with Crippen molar-refractivity contribution in [3.8, 4) is 0 Å². The second-order valence-corrected chi connectivity index (χ2v) is 5.83. The summed E-state index contributed by atoms with van der Waals surface area (Å²) in [7, 11) is 0. The summed E-state index contributed by atoms with van der Waals surface area (Å²) < 4.78 is 0. The van der Waals surface area contributed by atoms with Crippen LogP contribution in [-0.2, 0) is 0 Å². The molecule has 1 nitrogen and oxygen atoms in total. The molecule has 3 aromatic carbocycles. The molecule has 0 bridgehead atoms. The van der Waals surface area contributed by atoms with Gasteiger partial charge in [0, 0.05) is 17.0 Å². The smallest absolute Gasteiger partial charge is 0.193 e. The van der Waals surface area contributed by atoms with Gasteiger partial charge in [0.2, 0.25) is 0 Å². The summed E-state index contributed by atoms with van der Waals surface area (Å²) in [5.74, 6) is 0.404. The fourth-order valence-electron chi connectivity index (χ4n) is 3.58. The van der Waals surface area contributed by atoms with Crippen molar-refractivity contribution >= 4 is 16.6 Å². The fraction of sp³-hybridized carbons (Fsp3) is 0.150. The molecule has 1 atom stereocenters. The number of benzene rings is 3. The predicted molar refractivity (Wildman–Crippen MR) is 86.1 cm³/mol. The van der Waals surface area contributed by atoms with Crippen molar-refractivity contribution < 1.29 is 4.79 Å². The van der Waals surface area contributed by atoms with Crippen molar-refractivity contribution in [2.75, 3.05) is 0 Å². The van der Waals surface area contributed by atoms with Gasteiger partial charge in [-0.3, -0.25) is 4.79 Å². The van der Waals surface area contributed by atoms with Gasteiger partial charge in [-0.15, -0.1) is 0 Å². The standard InChI is InChI=1S/C20H16O/c1-12-6-5-9-16-14(12)10-11-18-19(16)13(2)15-7-3-4-8-17(15)20(18)21/h3-11,13H,1-2H3/t13-/m0/s1. The van der Waals surface area contributed by atoms with Crippen molar-refractivity contribution in [3.05, 3.63) is 82.4 Å². The molecule has 21 heavy (non-hydrogen) atoms. The van der Waals surface area contributed by atoms with Crippen LogP contribution in [-0.4, -0.2) is 5.78 Å². The highest BCUT2D eigenvalue weighted by atomic mass is 16.1. The maximum Gasteiger partial charge on any atom is 0.193 e. The zero-order valence-corrected chi connectivity index (χ0v) is 12.2. The molecule has 0 heterocycles. The number of rotatable bonds is 0. The van der Waals surface area contributed by atoms with E-state index in [0.29, 0.717) is 0 Å². The first-order valence-electron chi connectivity index (χ1n) is 7.34. The second-order valence-electron chi connectivity index (χ2n) is 5.83. The third-order valence-electron chi connectivity index (χ3n) is 4.67. The summed E-state index contributed by atoms with van der Waals surface area (Å²) in [6.45, 7) is 4.32. The predicted octanol–water partition coefficient (Wildman–Crippen LogP) is 4.84. The summed E-state index contributed by atoms with van der Waals surface area (Å²) in [6, 6.07) is 18.4. The third kappa shape index (κ3) is 1.61. The van der Waals surface area contributed by atoms with Gasteiger partial charge in [-0.2, -0.15) is 0 Å². The third-order valence-corrected chi connectivity index (χ3v) is 4.67. The van der Waals surface area contributed by atoms with E-state index in [1.54, 1.807) is 0 Å². The summed E-state index contributed by atoms with van der Waals surface area (Å²) >= 11 is 0. The van der Waals surface area contributed by atoms with Gasteiger partial charge in [0.05, 0.1) is 0 Å². The molecule has 0 saturated carbocycles. The van der Waals surface area contributed by atoms with Crippen molar-refractivity contribution in [1.29, 1.82) is 0 Å². The lowest BCUT2D eigenvalue weighted by atomic mass is 9.76. The van der Waals surface area contributed by atoms with Crippen LogP contribution in [0.5, 0.6) is 0 Å². The van der Waals surface area contributed by atoms with E-state index >= 15 is 0 Å². The molecule has 0 spiro atoms. The maximum absolute atomic E-state index is 12.8. The normalized spacial score (nSPS) is 16.7. The molecule has 1 aliphatic rings. The van der Waals surface area contributed by atoms with Crippen molar-refractivity contribution in [3.63, 3.8) is 0 Å². The van der Waals surface area contributed by atoms with E-state index in [9.17, 15) is 4.79 Å². The number of ketones is 1. The van der Waals surface area contributed by atoms with E-state index in [2.05, 4.69) is 44.2 Å². The van der Waals surface area contributed by atoms with Crippen LogP contribution in [0.2, 0.25) is 0 Å². The molecular formula is C20H16O. The van der Waals surface area contributed by atoms with Crippen LogP contribution in [0.15, 0.2) is 54.6 Å². The summed E-state index contributed by atoms with van der Waals surface area (Å²) in [6.07, 6.45) is 0. The Morgan fingerprint density at radius 1 is 0.810 bits per heavy atom. The highest BCUT2D eigenvalue weighted by Gasteiger charge is 2.29. The molecule has 0 aliphatic heterocycles. The van der Waals surface area contributed by atoms with Gasteiger partial charge in [-0.05, 0) is 34.4 Å². The molecule has 0 saturated heterocycles. The lowest BCUT2D eigenvalue weighted by Gasteiger charge is -2.26. The molecule has 0 radical (unpaired) electrons. The van der Waals surface area contributed by atoms with Crippen LogP contribution >= 0.6 is 0 Å². The average Bonchev–Trinajstić information content (AvgIpc) is 2.52. The Kier molecular flexibility index (Phi) is 2.52. The zero-order valence-electron chi connectivity index (χ0n) is 12.2. The molecule has 102 valence electrons. The minimum atomic E-state index is 0.155. The van der Waals surface area contributed by atoms with Crippen LogP contribution in [0.25, 0.3) is 10.8 Å². The number of carbonyl (C=O) groups excluding carboxylic acids is 1. The van der Waals surface area contributed by atoms with Gasteiger partial charge in [0.25, 0.3) is 0 Å². The Hall–Kier alpha value is -2.41. The summed E-state index contributed by atoms with van der Waals surface area (Å²) in [5, 5.41) is 2.46. The van der Waals surface area contributed by atoms with Crippen LogP contribution < -0.4 is 0 Å². The van der Waals surface area contributed by atoms with Crippen molar-refractivity contribution in [1.82, 2.24) is 0 Å². The molecule has 0 aromatic heterocycles. The van der Waals surface area contributed by atoms with E-state index in [1.807, 2.05) is 24.3 Å². The molecule has 1 heteroatoms. The van der Waals surface area contributed by atoms with Gasteiger partial charge in [-0.25, -0.2) is 0 Å². The Morgan fingerprint density at radius 3 is 2.48 bits per heavy atom. The minimum Gasteiger partial charge on any atom is -0.289 e. The Morgan fingerprint density at radius 2 is 1.62 bits per heavy atom. The van der Waals surface area contributed by atoms with E-state index in [4.69, 9.17) is 0 Å². The minimum absolute atomic E-state index is 0.155. The van der Waals surface area contributed by atoms with Gasteiger partial charge >= 0.3 is 0 Å². The van der Waals surface area contributed by atoms with Crippen molar-refractivity contribution in [2.24, 2.45) is 0 Å². The first-order valence-corrected chi connectivity index (χ1v) is 7.34. The van der Waals surface area contributed by atoms with Crippen LogP contribution in [0.3, 0.4) is 0 Å². The maximum atomic E-state index is 12.8. The summed E-state index contributed by atoms with van der Waals surface area (Å²) in [4.78, 5) is 12.8. The molecule has 0 N–H and O–H groups in total. The monoisotopic (exact) mass is 272 g/mol. The first kappa shape index (κ1) is 12.3. The van der Waals surface area contributed by atoms with Crippen LogP contribution in [0, 0.1) is 6.92 Å². The lowest BCUT2D eigenvalue weighted by Crippen LogP contribution is -2.18. The van der Waals surface area contributed by atoms with E-state index in [0.717, 1.165) is 16.7 Å². The van der Waals surface area contributed by atoms with E-state index in [1.165, 1.54) is 21.9 Å². The van der Waals surface area contributed by atoms with Crippen LogP contribution in [0.4, 0.5) is 0 Å². The van der Waals surface area contributed by atoms with Gasteiger partial charge < -0.3 is 0 Å². The van der Waals surface area contributed by atoms with Gasteiger partial charge in [0.1, 0.15) is 0 Å². The van der Waals surface area contributed by atoms with Crippen LogP contribution in [0.1, 0.15) is 45.5 Å². The van der Waals surface area contributed by atoms with E-state index in [-0.39, 0.29) is 11.7 Å². The molecular weight excluding hydrogens is 256 g/mol. The molecule has 1 aliphatic carbocycles. The summed E-state index contributed by atoms with van der Waals surface area (Å²) in [5.41, 5.74) is 5.29. The Bertz CT molecular complexity index is 889. The molecule has 4 rings (SSSR count). The quantitative estimate of drug-likeness (QED) is 0.572. The molecule has 0 unspecified atom stereocenters. The Labute approximate surface area is 124 Å². The first-order chi connectivity index (χ1) is 10.2. The molecule has 3 aromatic rings. The molecule has 0 fully saturated rings.